The van der Waals surface area contributed by atoms with Gasteiger partial charge in [-0.05, 0) is 117 Å². The fraction of sp³-hybridized carbons (Fsp3) is 0.513. The van der Waals surface area contributed by atoms with Crippen molar-refractivity contribution < 1.29 is 37.0 Å². The normalized spacial score (nSPS) is 20.5. The molecule has 2 bridgehead atoms. The highest BCUT2D eigenvalue weighted by molar-refractivity contribution is 5.82. The summed E-state index contributed by atoms with van der Waals surface area (Å²) in [6.45, 7) is 6.26. The number of pyridine rings is 1. The number of carbonyl (C=O) groups is 2. The van der Waals surface area contributed by atoms with Crippen LogP contribution in [0.1, 0.15) is 109 Å². The second kappa shape index (κ2) is 15.2. The van der Waals surface area contributed by atoms with Gasteiger partial charge in [0.2, 0.25) is 5.91 Å². The topological polar surface area (TPSA) is 101 Å². The van der Waals surface area contributed by atoms with Crippen LogP contribution in [0.2, 0.25) is 0 Å². The van der Waals surface area contributed by atoms with Gasteiger partial charge in [0, 0.05) is 29.9 Å². The Kier molecular flexibility index (Phi) is 10.9. The lowest BCUT2D eigenvalue weighted by Gasteiger charge is -2.31. The van der Waals surface area contributed by atoms with Crippen LogP contribution in [0.15, 0.2) is 41.3 Å². The van der Waals surface area contributed by atoms with Gasteiger partial charge in [-0.1, -0.05) is 25.3 Å². The number of aliphatic carboxylic acids is 1. The lowest BCUT2D eigenvalue weighted by atomic mass is 9.90. The number of likely N-dealkylation sites (tertiary alicyclic amines) is 1. The predicted octanol–water partition coefficient (Wildman–Crippen LogP) is 7.63. The number of nitrogens with one attached hydrogen (secondary N) is 1. The molecule has 1 saturated heterocycles. The zero-order valence-corrected chi connectivity index (χ0v) is 29.1. The van der Waals surface area contributed by atoms with Crippen molar-refractivity contribution in [3.8, 4) is 16.9 Å². The Bertz CT molecular complexity index is 1850. The van der Waals surface area contributed by atoms with Gasteiger partial charge in [-0.3, -0.25) is 14.4 Å². The monoisotopic (exact) mass is 711 g/mol. The van der Waals surface area contributed by atoms with Crippen molar-refractivity contribution in [2.24, 2.45) is 0 Å². The minimum absolute atomic E-state index is 0.00285. The molecule has 1 amide bonds. The molecular weight excluding hydrogens is 666 g/mol. The standard InChI is InChI=1S/C39H45F4N3O5/c1-23-16-24(2)36-27-18-28(25-9-10-25)37(40)29(19-27)31(21-35(48)49)44-38(50)32(8-5-3-4-6-15-51-33(36)17-23)46-22-26(11-14-45-12-7-13-45)30(20-34(46)47)39(41,42)43/h16-20,22,25,31-32H,3-15,21H2,1-2H3,(H,44,50)(H,48,49)/t31-,32-/m0/s1. The van der Waals surface area contributed by atoms with E-state index in [0.29, 0.717) is 55.4 Å². The average molecular weight is 712 g/mol. The molecule has 3 aromatic rings. The number of rotatable bonds is 7. The molecule has 2 atom stereocenters. The van der Waals surface area contributed by atoms with Crippen LogP contribution >= 0.6 is 0 Å². The first-order valence-electron chi connectivity index (χ1n) is 17.9. The summed E-state index contributed by atoms with van der Waals surface area (Å²) in [5, 5.41) is 12.7. The van der Waals surface area contributed by atoms with Crippen molar-refractivity contribution >= 4 is 11.9 Å². The molecule has 51 heavy (non-hydrogen) atoms. The van der Waals surface area contributed by atoms with Gasteiger partial charge in [0.25, 0.3) is 5.56 Å². The van der Waals surface area contributed by atoms with Gasteiger partial charge in [-0.2, -0.15) is 13.2 Å². The van der Waals surface area contributed by atoms with Crippen molar-refractivity contribution in [2.45, 2.75) is 102 Å². The van der Waals surface area contributed by atoms with Gasteiger partial charge in [-0.15, -0.1) is 0 Å². The van der Waals surface area contributed by atoms with E-state index in [2.05, 4.69) is 5.32 Å². The van der Waals surface area contributed by atoms with Crippen LogP contribution in [-0.2, 0) is 22.2 Å². The minimum Gasteiger partial charge on any atom is -0.493 e. The summed E-state index contributed by atoms with van der Waals surface area (Å²) in [4.78, 5) is 41.9. The Morgan fingerprint density at radius 2 is 1.69 bits per heavy atom. The summed E-state index contributed by atoms with van der Waals surface area (Å²) < 4.78 is 66.2. The molecule has 274 valence electrons. The third kappa shape index (κ3) is 8.48. The van der Waals surface area contributed by atoms with Crippen LogP contribution < -0.4 is 15.6 Å². The maximum atomic E-state index is 16.5. The van der Waals surface area contributed by atoms with E-state index >= 15 is 4.39 Å². The summed E-state index contributed by atoms with van der Waals surface area (Å²) >= 11 is 0. The Morgan fingerprint density at radius 1 is 0.961 bits per heavy atom. The smallest absolute Gasteiger partial charge is 0.416 e. The highest BCUT2D eigenvalue weighted by Crippen LogP contribution is 2.46. The number of carbonyl (C=O) groups excluding carboxylic acids is 1. The zero-order chi connectivity index (χ0) is 36.4. The maximum absolute atomic E-state index is 16.5. The molecule has 1 saturated carbocycles. The molecule has 8 nitrogen and oxygen atoms in total. The highest BCUT2D eigenvalue weighted by atomic mass is 19.4. The van der Waals surface area contributed by atoms with Crippen LogP contribution in [0, 0.1) is 19.7 Å². The van der Waals surface area contributed by atoms with Crippen LogP contribution in [0.25, 0.3) is 11.1 Å². The number of fused-ring (bicyclic) bond motifs is 4. The van der Waals surface area contributed by atoms with Crippen molar-refractivity contribution in [3.63, 3.8) is 0 Å². The van der Waals surface area contributed by atoms with Gasteiger partial charge in [0.1, 0.15) is 17.6 Å². The van der Waals surface area contributed by atoms with E-state index in [1.165, 1.54) is 0 Å². The van der Waals surface area contributed by atoms with Gasteiger partial charge in [0.15, 0.2) is 0 Å². The number of carboxylic acid groups (broad SMARTS) is 1. The number of alkyl halides is 3. The lowest BCUT2D eigenvalue weighted by molar-refractivity contribution is -0.139. The highest BCUT2D eigenvalue weighted by Gasteiger charge is 2.37. The van der Waals surface area contributed by atoms with Crippen molar-refractivity contribution in [2.75, 3.05) is 26.2 Å². The molecule has 2 aromatic carbocycles. The fourth-order valence-corrected chi connectivity index (χ4v) is 7.41. The molecule has 0 radical (unpaired) electrons. The first kappa shape index (κ1) is 36.6. The quantitative estimate of drug-likeness (QED) is 0.245. The number of aromatic nitrogens is 1. The molecule has 6 rings (SSSR count). The molecule has 0 unspecified atom stereocenters. The number of aryl methyl sites for hydroxylation is 2. The molecule has 0 spiro atoms. The third-order valence-corrected chi connectivity index (χ3v) is 10.3. The lowest BCUT2D eigenvalue weighted by Crippen LogP contribution is -2.41. The van der Waals surface area contributed by atoms with E-state index in [-0.39, 0.29) is 29.9 Å². The summed E-state index contributed by atoms with van der Waals surface area (Å²) in [5.74, 6) is -2.04. The van der Waals surface area contributed by atoms with Crippen LogP contribution in [0.5, 0.6) is 5.75 Å². The largest absolute Gasteiger partial charge is 0.493 e. The van der Waals surface area contributed by atoms with Crippen molar-refractivity contribution in [1.82, 2.24) is 14.8 Å². The molecule has 3 heterocycles. The minimum atomic E-state index is -4.77. The molecule has 2 N–H and O–H groups in total. The number of hydrogen-bond acceptors (Lipinski definition) is 5. The second-order valence-electron chi connectivity index (χ2n) is 14.3. The first-order chi connectivity index (χ1) is 24.3. The summed E-state index contributed by atoms with van der Waals surface area (Å²) in [6.07, 6.45) is 0.933. The number of ether oxygens (including phenoxy) is 1. The van der Waals surface area contributed by atoms with E-state index in [9.17, 15) is 32.7 Å². The average Bonchev–Trinajstić information content (AvgIpc) is 3.87. The van der Waals surface area contributed by atoms with E-state index < -0.39 is 53.5 Å². The molecule has 1 aliphatic carbocycles. The number of carboxylic acids is 1. The molecular formula is C39H45F4N3O5. The second-order valence-corrected chi connectivity index (χ2v) is 14.3. The Hall–Kier alpha value is -4.19. The Balaban J connectivity index is 1.45. The number of amides is 1. The van der Waals surface area contributed by atoms with Gasteiger partial charge in [-0.25, -0.2) is 4.39 Å². The van der Waals surface area contributed by atoms with Gasteiger partial charge < -0.3 is 24.6 Å². The molecule has 2 aliphatic heterocycles. The number of benzene rings is 2. The SMILES string of the molecule is Cc1cc(C)c2c(c1)OCCCCCC[C@H](n1cc(CCN3CCC3)c(C(F)(F)F)cc1=O)C(=O)N[C@@H](CC(=O)O)c1cc-2cc(C2CC2)c1F. The number of halogens is 4. The summed E-state index contributed by atoms with van der Waals surface area (Å²) in [6, 6.07) is 5.27. The van der Waals surface area contributed by atoms with E-state index in [1.54, 1.807) is 12.1 Å². The fourth-order valence-electron chi connectivity index (χ4n) is 7.41. The number of nitrogens with zero attached hydrogens (tertiary/aromatic N) is 2. The van der Waals surface area contributed by atoms with Gasteiger partial charge >= 0.3 is 12.1 Å². The molecule has 12 heteroatoms. The van der Waals surface area contributed by atoms with E-state index in [1.807, 2.05) is 30.9 Å². The van der Waals surface area contributed by atoms with Crippen molar-refractivity contribution in [1.29, 1.82) is 0 Å². The van der Waals surface area contributed by atoms with Gasteiger partial charge in [0.05, 0.1) is 24.6 Å². The van der Waals surface area contributed by atoms with E-state index in [4.69, 9.17) is 4.74 Å². The summed E-state index contributed by atoms with van der Waals surface area (Å²) in [5.41, 5.74) is 1.61. The molecule has 3 aliphatic rings. The maximum Gasteiger partial charge on any atom is 0.416 e. The Labute approximate surface area is 294 Å². The van der Waals surface area contributed by atoms with Crippen LogP contribution in [-0.4, -0.2) is 52.7 Å². The Morgan fingerprint density at radius 3 is 2.35 bits per heavy atom. The molecule has 2 fully saturated rings. The van der Waals surface area contributed by atoms with E-state index in [0.717, 1.165) is 66.2 Å². The van der Waals surface area contributed by atoms with Crippen molar-refractivity contribution in [3.05, 3.63) is 86.1 Å². The first-order valence-corrected chi connectivity index (χ1v) is 17.9. The zero-order valence-electron chi connectivity index (χ0n) is 29.1. The number of hydrogen-bond donors (Lipinski definition) is 2. The predicted molar refractivity (Wildman–Crippen MR) is 185 cm³/mol. The summed E-state index contributed by atoms with van der Waals surface area (Å²) in [7, 11) is 0. The third-order valence-electron chi connectivity index (χ3n) is 10.3. The van der Waals surface area contributed by atoms with Crippen LogP contribution in [0.3, 0.4) is 0 Å². The molecule has 1 aromatic heterocycles. The van der Waals surface area contributed by atoms with Crippen LogP contribution in [0.4, 0.5) is 17.6 Å².